The van der Waals surface area contributed by atoms with Crippen molar-refractivity contribution in [3.63, 3.8) is 0 Å². The zero-order valence-corrected chi connectivity index (χ0v) is 9.10. The van der Waals surface area contributed by atoms with Gasteiger partial charge in [0.15, 0.2) is 0 Å². The second-order valence-corrected chi connectivity index (χ2v) is 4.00. The Morgan fingerprint density at radius 2 is 2.19 bits per heavy atom. The maximum atomic E-state index is 11.7. The first-order valence-corrected chi connectivity index (χ1v) is 5.50. The van der Waals surface area contributed by atoms with Gasteiger partial charge in [-0.15, -0.1) is 0 Å². The van der Waals surface area contributed by atoms with E-state index < -0.39 is 0 Å². The van der Waals surface area contributed by atoms with E-state index in [0.717, 1.165) is 5.69 Å². The standard InChI is InChI=1S/C12H16N2O2/c15-11-6-7-14(9-11)12(16)8-13-10-4-2-1-3-5-10/h1-5,11,13,15H,6-9H2/t11-/m0/s1. The molecular formula is C12H16N2O2. The molecule has 0 unspecified atom stereocenters. The molecule has 1 saturated heterocycles. The molecule has 1 atom stereocenters. The SMILES string of the molecule is O=C(CNc1ccccc1)N1CC[C@H](O)C1. The van der Waals surface area contributed by atoms with Gasteiger partial charge in [-0.3, -0.25) is 4.79 Å². The van der Waals surface area contributed by atoms with Crippen molar-refractivity contribution in [1.29, 1.82) is 0 Å². The summed E-state index contributed by atoms with van der Waals surface area (Å²) in [5.41, 5.74) is 0.940. The van der Waals surface area contributed by atoms with Crippen LogP contribution < -0.4 is 5.32 Å². The molecule has 4 heteroatoms. The van der Waals surface area contributed by atoms with Crippen LogP contribution in [-0.4, -0.2) is 41.7 Å². The molecule has 16 heavy (non-hydrogen) atoms. The van der Waals surface area contributed by atoms with Gasteiger partial charge in [0.1, 0.15) is 0 Å². The predicted molar refractivity (Wildman–Crippen MR) is 62.1 cm³/mol. The van der Waals surface area contributed by atoms with Gasteiger partial charge in [0, 0.05) is 18.8 Å². The third-order valence-electron chi connectivity index (χ3n) is 2.73. The van der Waals surface area contributed by atoms with Crippen molar-refractivity contribution in [2.45, 2.75) is 12.5 Å². The number of aliphatic hydroxyl groups excluding tert-OH is 1. The van der Waals surface area contributed by atoms with Gasteiger partial charge in [-0.25, -0.2) is 0 Å². The number of likely N-dealkylation sites (tertiary alicyclic amines) is 1. The van der Waals surface area contributed by atoms with Crippen LogP contribution in [0.15, 0.2) is 30.3 Å². The largest absolute Gasteiger partial charge is 0.391 e. The number of carbonyl (C=O) groups is 1. The highest BCUT2D eigenvalue weighted by Crippen LogP contribution is 2.09. The minimum Gasteiger partial charge on any atom is -0.391 e. The van der Waals surface area contributed by atoms with Gasteiger partial charge >= 0.3 is 0 Å². The van der Waals surface area contributed by atoms with Crippen LogP contribution in [0.5, 0.6) is 0 Å². The molecule has 1 aromatic rings. The van der Waals surface area contributed by atoms with Crippen LogP contribution in [0.4, 0.5) is 5.69 Å². The highest BCUT2D eigenvalue weighted by Gasteiger charge is 2.23. The minimum absolute atomic E-state index is 0.0420. The zero-order chi connectivity index (χ0) is 11.4. The molecule has 0 aromatic heterocycles. The Hall–Kier alpha value is -1.55. The lowest BCUT2D eigenvalue weighted by molar-refractivity contribution is -0.128. The van der Waals surface area contributed by atoms with Crippen molar-refractivity contribution < 1.29 is 9.90 Å². The zero-order valence-electron chi connectivity index (χ0n) is 9.10. The molecule has 0 spiro atoms. The Morgan fingerprint density at radius 1 is 1.44 bits per heavy atom. The number of rotatable bonds is 3. The number of nitrogens with one attached hydrogen (secondary N) is 1. The summed E-state index contributed by atoms with van der Waals surface area (Å²) in [7, 11) is 0. The lowest BCUT2D eigenvalue weighted by atomic mass is 10.3. The van der Waals surface area contributed by atoms with Gasteiger partial charge in [-0.2, -0.15) is 0 Å². The summed E-state index contributed by atoms with van der Waals surface area (Å²) < 4.78 is 0. The van der Waals surface area contributed by atoms with Crippen molar-refractivity contribution in [3.8, 4) is 0 Å². The summed E-state index contributed by atoms with van der Waals surface area (Å²) in [4.78, 5) is 13.4. The Balaban J connectivity index is 1.80. The van der Waals surface area contributed by atoms with Crippen LogP contribution in [0.3, 0.4) is 0 Å². The number of hydrogen-bond acceptors (Lipinski definition) is 3. The number of β-amino-alcohol motifs (C(OH)–C–C–N with tert-alkyl or cyclic N) is 1. The molecule has 1 aliphatic heterocycles. The number of carbonyl (C=O) groups excluding carboxylic acids is 1. The van der Waals surface area contributed by atoms with Gasteiger partial charge in [0.2, 0.25) is 5.91 Å². The normalized spacial score (nSPS) is 19.8. The second-order valence-electron chi connectivity index (χ2n) is 4.00. The quantitative estimate of drug-likeness (QED) is 0.788. The summed E-state index contributed by atoms with van der Waals surface area (Å²) in [5, 5.41) is 12.4. The predicted octanol–water partition coefficient (Wildman–Crippen LogP) is 0.692. The fraction of sp³-hybridized carbons (Fsp3) is 0.417. The van der Waals surface area contributed by atoms with E-state index in [1.807, 2.05) is 30.3 Å². The molecule has 0 bridgehead atoms. The topological polar surface area (TPSA) is 52.6 Å². The molecule has 2 N–H and O–H groups in total. The van der Waals surface area contributed by atoms with E-state index in [1.165, 1.54) is 0 Å². The van der Waals surface area contributed by atoms with E-state index in [9.17, 15) is 9.90 Å². The van der Waals surface area contributed by atoms with E-state index in [-0.39, 0.29) is 18.6 Å². The minimum atomic E-state index is -0.347. The highest BCUT2D eigenvalue weighted by molar-refractivity contribution is 5.81. The number of hydrogen-bond donors (Lipinski definition) is 2. The van der Waals surface area contributed by atoms with Crippen molar-refractivity contribution in [3.05, 3.63) is 30.3 Å². The molecular weight excluding hydrogens is 204 g/mol. The maximum Gasteiger partial charge on any atom is 0.241 e. The average Bonchev–Trinajstić information content (AvgIpc) is 2.74. The second kappa shape index (κ2) is 4.99. The number of anilines is 1. The molecule has 0 aliphatic carbocycles. The Morgan fingerprint density at radius 3 is 2.81 bits per heavy atom. The molecule has 4 nitrogen and oxygen atoms in total. The monoisotopic (exact) mass is 220 g/mol. The first kappa shape index (κ1) is 11.0. The molecule has 1 aliphatic rings. The fourth-order valence-electron chi connectivity index (χ4n) is 1.81. The number of benzene rings is 1. The van der Waals surface area contributed by atoms with Crippen LogP contribution in [0.25, 0.3) is 0 Å². The van der Waals surface area contributed by atoms with E-state index in [2.05, 4.69) is 5.32 Å². The lowest BCUT2D eigenvalue weighted by Gasteiger charge is -2.16. The number of aliphatic hydroxyl groups is 1. The van der Waals surface area contributed by atoms with Gasteiger partial charge in [0.25, 0.3) is 0 Å². The molecule has 1 amide bonds. The summed E-state index contributed by atoms with van der Waals surface area (Å²) in [6.07, 6.45) is 0.345. The van der Waals surface area contributed by atoms with Crippen LogP contribution in [0.2, 0.25) is 0 Å². The van der Waals surface area contributed by atoms with Crippen LogP contribution in [0, 0.1) is 0 Å². The number of para-hydroxylation sites is 1. The van der Waals surface area contributed by atoms with Gasteiger partial charge in [-0.05, 0) is 18.6 Å². The summed E-state index contributed by atoms with van der Waals surface area (Å²) >= 11 is 0. The molecule has 1 fully saturated rings. The first-order valence-electron chi connectivity index (χ1n) is 5.50. The van der Waals surface area contributed by atoms with E-state index in [4.69, 9.17) is 0 Å². The van der Waals surface area contributed by atoms with Crippen LogP contribution in [0.1, 0.15) is 6.42 Å². The summed E-state index contributed by atoms with van der Waals surface area (Å²) in [6, 6.07) is 9.63. The number of amides is 1. The van der Waals surface area contributed by atoms with Gasteiger partial charge < -0.3 is 15.3 Å². The summed E-state index contributed by atoms with van der Waals surface area (Å²) in [6.45, 7) is 1.42. The lowest BCUT2D eigenvalue weighted by Crippen LogP contribution is -2.34. The average molecular weight is 220 g/mol. The van der Waals surface area contributed by atoms with E-state index in [1.54, 1.807) is 4.90 Å². The van der Waals surface area contributed by atoms with E-state index in [0.29, 0.717) is 19.5 Å². The molecule has 1 heterocycles. The molecule has 1 aromatic carbocycles. The third-order valence-corrected chi connectivity index (χ3v) is 2.73. The first-order chi connectivity index (χ1) is 7.75. The van der Waals surface area contributed by atoms with E-state index >= 15 is 0 Å². The molecule has 0 radical (unpaired) electrons. The Labute approximate surface area is 94.9 Å². The van der Waals surface area contributed by atoms with Crippen molar-refractivity contribution >= 4 is 11.6 Å². The van der Waals surface area contributed by atoms with Gasteiger partial charge in [0.05, 0.1) is 12.6 Å². The number of nitrogens with zero attached hydrogens (tertiary/aromatic N) is 1. The smallest absolute Gasteiger partial charge is 0.241 e. The molecule has 86 valence electrons. The molecule has 2 rings (SSSR count). The Kier molecular flexibility index (Phi) is 3.41. The van der Waals surface area contributed by atoms with Crippen molar-refractivity contribution in [2.75, 3.05) is 25.0 Å². The highest BCUT2D eigenvalue weighted by atomic mass is 16.3. The van der Waals surface area contributed by atoms with Crippen LogP contribution in [-0.2, 0) is 4.79 Å². The van der Waals surface area contributed by atoms with Crippen LogP contribution >= 0.6 is 0 Å². The Bertz CT molecular complexity index is 353. The summed E-state index contributed by atoms with van der Waals surface area (Å²) in [5.74, 6) is 0.0420. The third kappa shape index (κ3) is 2.73. The van der Waals surface area contributed by atoms with Crippen molar-refractivity contribution in [1.82, 2.24) is 4.90 Å². The maximum absolute atomic E-state index is 11.7. The van der Waals surface area contributed by atoms with Crippen molar-refractivity contribution in [2.24, 2.45) is 0 Å². The fourth-order valence-corrected chi connectivity index (χ4v) is 1.81. The molecule has 0 saturated carbocycles. The van der Waals surface area contributed by atoms with Gasteiger partial charge in [-0.1, -0.05) is 18.2 Å².